The number of carbonyl (C=O) groups excluding carboxylic acids is 1. The molecule has 2 aliphatic rings. The van der Waals surface area contributed by atoms with Gasteiger partial charge >= 0.3 is 6.03 Å². The summed E-state index contributed by atoms with van der Waals surface area (Å²) in [5, 5.41) is 15.3. The summed E-state index contributed by atoms with van der Waals surface area (Å²) < 4.78 is 20.8. The van der Waals surface area contributed by atoms with Crippen molar-refractivity contribution in [1.29, 1.82) is 0 Å². The summed E-state index contributed by atoms with van der Waals surface area (Å²) in [6, 6.07) is 5.95. The van der Waals surface area contributed by atoms with E-state index in [1.54, 1.807) is 25.1 Å². The zero-order valence-corrected chi connectivity index (χ0v) is 17.2. The third-order valence-corrected chi connectivity index (χ3v) is 6.24. The number of hydrogen-bond acceptors (Lipinski definition) is 5. The van der Waals surface area contributed by atoms with Crippen molar-refractivity contribution in [2.75, 3.05) is 5.32 Å². The Bertz CT molecular complexity index is 1130. The molecule has 1 aliphatic carbocycles. The van der Waals surface area contributed by atoms with E-state index < -0.39 is 11.5 Å². The molecule has 0 radical (unpaired) electrons. The molecule has 2 aromatic heterocycles. The van der Waals surface area contributed by atoms with Crippen molar-refractivity contribution in [3.8, 4) is 5.69 Å². The number of benzene rings is 1. The Balaban J connectivity index is 1.44. The second kappa shape index (κ2) is 6.80. The van der Waals surface area contributed by atoms with E-state index in [4.69, 9.17) is 16.0 Å². The monoisotopic (exact) mass is 430 g/mol. The highest BCUT2D eigenvalue weighted by molar-refractivity contribution is 6.32. The number of aryl methyl sites for hydroxylation is 1. The number of carbonyl (C=O) groups is 1. The smallest absolute Gasteiger partial charge is 0.323 e. The van der Waals surface area contributed by atoms with Crippen LogP contribution >= 0.6 is 11.6 Å². The zero-order valence-electron chi connectivity index (χ0n) is 16.5. The molecule has 0 unspecified atom stereocenters. The second-order valence-corrected chi connectivity index (χ2v) is 8.50. The molecule has 1 aromatic carbocycles. The SMILES string of the molecule is Cc1nnc([C@@]23C[C@@H](C)C[C@@H](C2)N3C(=O)Nc2ccc(Cl)c(-n3nccc3F)c2)o1. The summed E-state index contributed by atoms with van der Waals surface area (Å²) in [7, 11) is 0. The van der Waals surface area contributed by atoms with Gasteiger partial charge in [-0.2, -0.15) is 9.49 Å². The number of likely N-dealkylation sites (tertiary alicyclic amines) is 1. The molecule has 10 heteroatoms. The first-order valence-electron chi connectivity index (χ1n) is 9.78. The maximum atomic E-state index is 14.0. The quantitative estimate of drug-likeness (QED) is 0.669. The molecule has 3 atom stereocenters. The van der Waals surface area contributed by atoms with E-state index in [0.29, 0.717) is 34.1 Å². The molecule has 3 aromatic rings. The number of aromatic nitrogens is 4. The number of amides is 2. The first-order valence-corrected chi connectivity index (χ1v) is 10.2. The predicted molar refractivity (Wildman–Crippen MR) is 107 cm³/mol. The summed E-state index contributed by atoms with van der Waals surface area (Å²) in [6.45, 7) is 3.91. The van der Waals surface area contributed by atoms with Crippen LogP contribution < -0.4 is 5.32 Å². The van der Waals surface area contributed by atoms with Crippen LogP contribution in [0.1, 0.15) is 38.0 Å². The van der Waals surface area contributed by atoms with Gasteiger partial charge in [0.05, 0.1) is 16.9 Å². The molecule has 1 aliphatic heterocycles. The topological polar surface area (TPSA) is 89.1 Å². The van der Waals surface area contributed by atoms with Crippen molar-refractivity contribution in [2.45, 2.75) is 44.7 Å². The molecule has 2 bridgehead atoms. The van der Waals surface area contributed by atoms with Gasteiger partial charge < -0.3 is 14.6 Å². The van der Waals surface area contributed by atoms with Crippen LogP contribution in [0.25, 0.3) is 5.69 Å². The van der Waals surface area contributed by atoms with Crippen molar-refractivity contribution in [3.05, 3.63) is 53.2 Å². The fraction of sp³-hybridized carbons (Fsp3) is 0.400. The molecule has 2 fully saturated rings. The van der Waals surface area contributed by atoms with E-state index in [-0.39, 0.29) is 12.1 Å². The number of halogens is 2. The number of nitrogens with one attached hydrogen (secondary N) is 1. The molecule has 1 saturated heterocycles. The fourth-order valence-electron chi connectivity index (χ4n) is 4.83. The number of hydrogen-bond donors (Lipinski definition) is 1. The lowest BCUT2D eigenvalue weighted by atomic mass is 9.64. The Morgan fingerprint density at radius 3 is 2.87 bits per heavy atom. The van der Waals surface area contributed by atoms with Gasteiger partial charge in [-0.05, 0) is 37.0 Å². The van der Waals surface area contributed by atoms with Crippen molar-refractivity contribution >= 4 is 23.3 Å². The summed E-state index contributed by atoms with van der Waals surface area (Å²) in [5.41, 5.74) is 0.248. The minimum Gasteiger partial charge on any atom is -0.423 e. The molecule has 5 rings (SSSR count). The van der Waals surface area contributed by atoms with Gasteiger partial charge in [0.2, 0.25) is 17.7 Å². The first kappa shape index (κ1) is 19.0. The Labute approximate surface area is 177 Å². The Morgan fingerprint density at radius 1 is 1.33 bits per heavy atom. The van der Waals surface area contributed by atoms with Gasteiger partial charge in [0.15, 0.2) is 0 Å². The number of rotatable bonds is 3. The van der Waals surface area contributed by atoms with Crippen molar-refractivity contribution in [3.63, 3.8) is 0 Å². The zero-order chi connectivity index (χ0) is 21.0. The van der Waals surface area contributed by atoms with Gasteiger partial charge in [0.1, 0.15) is 5.54 Å². The minimum absolute atomic E-state index is 0.108. The average Bonchev–Trinajstić information content (AvgIpc) is 3.31. The van der Waals surface area contributed by atoms with E-state index in [2.05, 4.69) is 27.5 Å². The van der Waals surface area contributed by atoms with Crippen LogP contribution in [-0.4, -0.2) is 37.0 Å². The molecular weight excluding hydrogens is 411 g/mol. The van der Waals surface area contributed by atoms with Crippen LogP contribution in [0.2, 0.25) is 5.02 Å². The lowest BCUT2D eigenvalue weighted by Crippen LogP contribution is -2.70. The lowest BCUT2D eigenvalue weighted by molar-refractivity contribution is -0.110. The molecule has 3 heterocycles. The Morgan fingerprint density at radius 2 is 2.17 bits per heavy atom. The Hall–Kier alpha value is -2.94. The van der Waals surface area contributed by atoms with Gasteiger partial charge in [-0.15, -0.1) is 10.2 Å². The van der Waals surface area contributed by atoms with Crippen LogP contribution in [0.4, 0.5) is 14.9 Å². The highest BCUT2D eigenvalue weighted by Crippen LogP contribution is 2.55. The molecule has 1 N–H and O–H groups in total. The molecule has 1 saturated carbocycles. The van der Waals surface area contributed by atoms with E-state index >= 15 is 0 Å². The van der Waals surface area contributed by atoms with Crippen LogP contribution in [0.3, 0.4) is 0 Å². The lowest BCUT2D eigenvalue weighted by Gasteiger charge is -2.61. The number of fused-ring (bicyclic) bond motifs is 2. The van der Waals surface area contributed by atoms with Gasteiger partial charge in [-0.3, -0.25) is 0 Å². The minimum atomic E-state index is -0.586. The molecule has 0 spiro atoms. The fourth-order valence-corrected chi connectivity index (χ4v) is 5.03. The first-order chi connectivity index (χ1) is 14.4. The largest absolute Gasteiger partial charge is 0.423 e. The molecule has 8 nitrogen and oxygen atoms in total. The van der Waals surface area contributed by atoms with Gasteiger partial charge in [-0.1, -0.05) is 18.5 Å². The second-order valence-electron chi connectivity index (χ2n) is 8.09. The molecular formula is C20H20ClFN6O2. The third kappa shape index (κ3) is 2.87. The van der Waals surface area contributed by atoms with Crippen molar-refractivity contribution < 1.29 is 13.6 Å². The average molecular weight is 431 g/mol. The van der Waals surface area contributed by atoms with Crippen LogP contribution in [0.5, 0.6) is 0 Å². The summed E-state index contributed by atoms with van der Waals surface area (Å²) in [6.07, 6.45) is 3.84. The van der Waals surface area contributed by atoms with Crippen molar-refractivity contribution in [1.82, 2.24) is 24.9 Å². The van der Waals surface area contributed by atoms with Crippen LogP contribution in [-0.2, 0) is 5.54 Å². The molecule has 156 valence electrons. The van der Waals surface area contributed by atoms with Crippen LogP contribution in [0, 0.1) is 18.8 Å². The highest BCUT2D eigenvalue weighted by atomic mass is 35.5. The summed E-state index contributed by atoms with van der Waals surface area (Å²) >= 11 is 6.22. The molecule has 2 amide bonds. The van der Waals surface area contributed by atoms with E-state index in [9.17, 15) is 9.18 Å². The maximum Gasteiger partial charge on any atom is 0.323 e. The standard InChI is InChI=1S/C20H20ClFN6O2/c1-11-7-14-10-20(9-11,18-26-25-12(2)30-18)27(14)19(29)24-13-3-4-15(21)16(8-13)28-17(22)5-6-23-28/h3-6,8,11,14H,7,9-10H2,1-2H3,(H,24,29)/t11-,14-,20+/m0/s1. The van der Waals surface area contributed by atoms with Crippen molar-refractivity contribution in [2.24, 2.45) is 5.92 Å². The Kier molecular flexibility index (Phi) is 4.32. The summed E-state index contributed by atoms with van der Waals surface area (Å²) in [5.74, 6) is 0.862. The normalized spacial score (nSPS) is 25.1. The van der Waals surface area contributed by atoms with E-state index in [1.807, 2.05) is 4.90 Å². The van der Waals surface area contributed by atoms with Gasteiger partial charge in [-0.25, -0.2) is 9.48 Å². The maximum absolute atomic E-state index is 14.0. The number of nitrogens with zero attached hydrogens (tertiary/aromatic N) is 5. The number of urea groups is 1. The van der Waals surface area contributed by atoms with E-state index in [0.717, 1.165) is 23.9 Å². The van der Waals surface area contributed by atoms with Crippen LogP contribution in [0.15, 0.2) is 34.9 Å². The molecule has 30 heavy (non-hydrogen) atoms. The number of piperidine rings is 1. The van der Waals surface area contributed by atoms with Gasteiger partial charge in [0, 0.05) is 31.1 Å². The highest BCUT2D eigenvalue weighted by Gasteiger charge is 2.62. The third-order valence-electron chi connectivity index (χ3n) is 5.93. The van der Waals surface area contributed by atoms with Gasteiger partial charge in [0.25, 0.3) is 0 Å². The predicted octanol–water partition coefficient (Wildman–Crippen LogP) is 4.29. The summed E-state index contributed by atoms with van der Waals surface area (Å²) in [4.78, 5) is 15.1. The van der Waals surface area contributed by atoms with E-state index in [1.165, 1.54) is 12.3 Å². The number of anilines is 1.